The Morgan fingerprint density at radius 3 is 2.07 bits per heavy atom. The van der Waals surface area contributed by atoms with E-state index in [1.54, 1.807) is 0 Å². The number of benzene rings is 1. The Labute approximate surface area is 85.5 Å². The van der Waals surface area contributed by atoms with E-state index in [0.29, 0.717) is 5.69 Å². The summed E-state index contributed by atoms with van der Waals surface area (Å²) in [5.41, 5.74) is 3.96. The van der Waals surface area contributed by atoms with Crippen molar-refractivity contribution >= 4 is 19.3 Å². The van der Waals surface area contributed by atoms with E-state index in [0.717, 1.165) is 0 Å². The molecule has 1 unspecified atom stereocenters. The third-order valence-electron chi connectivity index (χ3n) is 1.82. The van der Waals surface area contributed by atoms with Gasteiger partial charge in [0.1, 0.15) is 0 Å². The minimum Gasteiger partial charge on any atom is -0.480 e. The van der Waals surface area contributed by atoms with Crippen molar-refractivity contribution in [2.24, 2.45) is 0 Å². The molecule has 7 heteroatoms. The van der Waals surface area contributed by atoms with Crippen LogP contribution in [0, 0.1) is 0 Å². The molecule has 0 amide bonds. The summed E-state index contributed by atoms with van der Waals surface area (Å²) in [5.74, 6) is -1.56. The SMILES string of the molecule is Nc1ccc(C(C(=O)O)P(=O)(O)O)cc1. The number of carbonyl (C=O) groups is 1. The zero-order chi connectivity index (χ0) is 11.6. The first-order valence-corrected chi connectivity index (χ1v) is 5.64. The fourth-order valence-corrected chi connectivity index (χ4v) is 2.01. The minimum absolute atomic E-state index is 0.0324. The number of hydrogen-bond donors (Lipinski definition) is 4. The Hall–Kier alpha value is -1.36. The second kappa shape index (κ2) is 4.02. The van der Waals surface area contributed by atoms with Crippen LogP contribution in [-0.2, 0) is 9.36 Å². The van der Waals surface area contributed by atoms with E-state index >= 15 is 0 Å². The van der Waals surface area contributed by atoms with Gasteiger partial charge in [-0.05, 0) is 17.7 Å². The lowest BCUT2D eigenvalue weighted by molar-refractivity contribution is -0.137. The number of nitrogen functional groups attached to an aromatic ring is 1. The van der Waals surface area contributed by atoms with Crippen LogP contribution in [0.5, 0.6) is 0 Å². The molecular weight excluding hydrogens is 221 g/mol. The first-order chi connectivity index (χ1) is 6.82. The predicted octanol–water partition coefficient (Wildman–Crippen LogP) is 0.572. The molecule has 0 radical (unpaired) electrons. The summed E-state index contributed by atoms with van der Waals surface area (Å²) in [4.78, 5) is 28.4. The summed E-state index contributed by atoms with van der Waals surface area (Å²) >= 11 is 0. The standard InChI is InChI=1S/C8H10NO5P/c9-6-3-1-5(2-4-6)7(8(10)11)15(12,13)14/h1-4,7H,9H2,(H,10,11)(H2,12,13,14). The van der Waals surface area contributed by atoms with Gasteiger partial charge < -0.3 is 20.6 Å². The van der Waals surface area contributed by atoms with Crippen molar-refractivity contribution in [3.63, 3.8) is 0 Å². The molecule has 0 aliphatic heterocycles. The summed E-state index contributed by atoms with van der Waals surface area (Å²) in [7, 11) is -4.71. The van der Waals surface area contributed by atoms with Crippen LogP contribution in [-0.4, -0.2) is 20.9 Å². The highest BCUT2D eigenvalue weighted by Crippen LogP contribution is 2.51. The molecule has 0 aromatic heterocycles. The van der Waals surface area contributed by atoms with Crippen LogP contribution in [0.1, 0.15) is 11.2 Å². The average Bonchev–Trinajstić information content (AvgIpc) is 2.05. The molecule has 0 saturated carbocycles. The molecule has 1 aromatic carbocycles. The Balaban J connectivity index is 3.17. The smallest absolute Gasteiger partial charge is 0.344 e. The second-order valence-electron chi connectivity index (χ2n) is 3.00. The highest BCUT2D eigenvalue weighted by molar-refractivity contribution is 7.53. The highest BCUT2D eigenvalue weighted by atomic mass is 31.2. The molecule has 0 aliphatic rings. The van der Waals surface area contributed by atoms with Crippen LogP contribution in [0.25, 0.3) is 0 Å². The van der Waals surface area contributed by atoms with Crippen molar-refractivity contribution in [3.8, 4) is 0 Å². The van der Waals surface area contributed by atoms with Crippen LogP contribution >= 0.6 is 7.60 Å². The summed E-state index contributed by atoms with van der Waals surface area (Å²) in [6, 6.07) is 5.35. The largest absolute Gasteiger partial charge is 0.480 e. The van der Waals surface area contributed by atoms with Gasteiger partial charge >= 0.3 is 13.6 Å². The number of nitrogens with two attached hydrogens (primary N) is 1. The molecule has 0 spiro atoms. The Morgan fingerprint density at radius 1 is 1.27 bits per heavy atom. The molecule has 1 aromatic rings. The van der Waals surface area contributed by atoms with Crippen LogP contribution in [0.4, 0.5) is 5.69 Å². The van der Waals surface area contributed by atoms with Crippen molar-refractivity contribution in [1.29, 1.82) is 0 Å². The predicted molar refractivity (Wildman–Crippen MR) is 53.3 cm³/mol. The molecule has 1 atom stereocenters. The maximum Gasteiger partial charge on any atom is 0.344 e. The number of carboxylic acid groups (broad SMARTS) is 1. The van der Waals surface area contributed by atoms with Gasteiger partial charge in [0.2, 0.25) is 0 Å². The third kappa shape index (κ3) is 2.79. The van der Waals surface area contributed by atoms with E-state index < -0.39 is 19.2 Å². The molecule has 0 aliphatic carbocycles. The Kier molecular flexibility index (Phi) is 3.14. The van der Waals surface area contributed by atoms with E-state index in [-0.39, 0.29) is 5.56 Å². The van der Waals surface area contributed by atoms with Gasteiger partial charge in [-0.25, -0.2) is 0 Å². The van der Waals surface area contributed by atoms with E-state index in [9.17, 15) is 9.36 Å². The lowest BCUT2D eigenvalue weighted by Crippen LogP contribution is -2.11. The van der Waals surface area contributed by atoms with Crippen LogP contribution in [0.15, 0.2) is 24.3 Å². The van der Waals surface area contributed by atoms with Gasteiger partial charge in [0, 0.05) is 5.69 Å². The number of carboxylic acids is 1. The topological polar surface area (TPSA) is 121 Å². The zero-order valence-electron chi connectivity index (χ0n) is 7.57. The molecule has 82 valence electrons. The molecule has 0 heterocycles. The van der Waals surface area contributed by atoms with E-state index in [2.05, 4.69) is 0 Å². The zero-order valence-corrected chi connectivity index (χ0v) is 8.46. The van der Waals surface area contributed by atoms with E-state index in [4.69, 9.17) is 20.6 Å². The van der Waals surface area contributed by atoms with E-state index in [1.807, 2.05) is 0 Å². The first-order valence-electron chi connectivity index (χ1n) is 3.96. The molecule has 1 rings (SSSR count). The van der Waals surface area contributed by atoms with Gasteiger partial charge in [-0.2, -0.15) is 0 Å². The molecule has 0 bridgehead atoms. The van der Waals surface area contributed by atoms with Crippen molar-refractivity contribution in [3.05, 3.63) is 29.8 Å². The van der Waals surface area contributed by atoms with Crippen molar-refractivity contribution < 1.29 is 24.3 Å². The van der Waals surface area contributed by atoms with Gasteiger partial charge in [0.05, 0.1) is 0 Å². The number of hydrogen-bond acceptors (Lipinski definition) is 3. The first kappa shape index (κ1) is 11.7. The van der Waals surface area contributed by atoms with Gasteiger partial charge in [0.25, 0.3) is 0 Å². The maximum atomic E-state index is 10.9. The monoisotopic (exact) mass is 231 g/mol. The quantitative estimate of drug-likeness (QED) is 0.445. The van der Waals surface area contributed by atoms with Crippen LogP contribution in [0.2, 0.25) is 0 Å². The number of aliphatic carboxylic acids is 1. The lowest BCUT2D eigenvalue weighted by Gasteiger charge is -2.14. The average molecular weight is 231 g/mol. The molecule has 15 heavy (non-hydrogen) atoms. The fraction of sp³-hybridized carbons (Fsp3) is 0.125. The van der Waals surface area contributed by atoms with Gasteiger partial charge in [-0.3, -0.25) is 9.36 Å². The van der Waals surface area contributed by atoms with E-state index in [1.165, 1.54) is 24.3 Å². The number of anilines is 1. The van der Waals surface area contributed by atoms with Gasteiger partial charge in [-0.1, -0.05) is 12.1 Å². The lowest BCUT2D eigenvalue weighted by atomic mass is 10.1. The molecule has 5 N–H and O–H groups in total. The minimum atomic E-state index is -4.71. The van der Waals surface area contributed by atoms with Crippen LogP contribution < -0.4 is 5.73 Å². The van der Waals surface area contributed by atoms with Gasteiger partial charge in [0.15, 0.2) is 5.66 Å². The van der Waals surface area contributed by atoms with Gasteiger partial charge in [-0.15, -0.1) is 0 Å². The third-order valence-corrected chi connectivity index (χ3v) is 3.01. The Morgan fingerprint density at radius 2 is 1.73 bits per heavy atom. The van der Waals surface area contributed by atoms with Crippen LogP contribution in [0.3, 0.4) is 0 Å². The second-order valence-corrected chi connectivity index (χ2v) is 4.69. The number of rotatable bonds is 3. The fourth-order valence-electron chi connectivity index (χ4n) is 1.16. The summed E-state index contributed by atoms with van der Waals surface area (Å²) in [6.07, 6.45) is 0. The molecular formula is C8H10NO5P. The highest BCUT2D eigenvalue weighted by Gasteiger charge is 2.37. The van der Waals surface area contributed by atoms with Crippen molar-refractivity contribution in [2.75, 3.05) is 5.73 Å². The van der Waals surface area contributed by atoms with Crippen molar-refractivity contribution in [2.45, 2.75) is 5.66 Å². The maximum absolute atomic E-state index is 10.9. The summed E-state index contributed by atoms with van der Waals surface area (Å²) in [5, 5.41) is 8.71. The summed E-state index contributed by atoms with van der Waals surface area (Å²) in [6.45, 7) is 0. The summed E-state index contributed by atoms with van der Waals surface area (Å²) < 4.78 is 10.9. The molecule has 6 nitrogen and oxygen atoms in total. The molecule has 0 fully saturated rings. The molecule has 0 saturated heterocycles. The van der Waals surface area contributed by atoms with Crippen molar-refractivity contribution in [1.82, 2.24) is 0 Å². The normalized spacial score (nSPS) is 13.5. The Bertz CT molecular complexity index is 410.